The molecule has 4 heterocycles. The third kappa shape index (κ3) is 5.67. The van der Waals surface area contributed by atoms with Crippen LogP contribution in [-0.4, -0.2) is 33.5 Å². The molecule has 0 radical (unpaired) electrons. The number of pyridine rings is 1. The molecule has 1 atom stereocenters. The van der Waals surface area contributed by atoms with Crippen molar-refractivity contribution in [2.75, 3.05) is 6.61 Å². The van der Waals surface area contributed by atoms with E-state index >= 15 is 0 Å². The zero-order chi connectivity index (χ0) is 31.5. The fraction of sp³-hybridized carbons (Fsp3) is 0.324. The van der Waals surface area contributed by atoms with Crippen molar-refractivity contribution in [3.63, 3.8) is 0 Å². The summed E-state index contributed by atoms with van der Waals surface area (Å²) in [6, 6.07) is 10.4. The maximum Gasteiger partial charge on any atom is 0.519 e. The Bertz CT molecular complexity index is 1720. The zero-order valence-corrected chi connectivity index (χ0v) is 25.3. The molecule has 10 heteroatoms. The van der Waals surface area contributed by atoms with Crippen molar-refractivity contribution in [1.29, 1.82) is 0 Å². The molecule has 0 saturated heterocycles. The summed E-state index contributed by atoms with van der Waals surface area (Å²) in [6.45, 7) is 13.5. The standard InChI is InChI=1S/C30H25N3O7.C4H10/c1-4-20-23-12-19(40-30(35)39-18-8-6-17(7-9-18)33(36)37)10-11-26(23)31-28-24(20)14-32-16(3)25-15-38-29(34)21(5-2)22(25)13-27(28)32;1-3-4-2/h6-13,21H,3-5,14-15H2,1-2H3;3-4H2,1-2H3/t21-;/m1./s1. The molecule has 0 fully saturated rings. The molecule has 228 valence electrons. The molecule has 1 aromatic heterocycles. The Hall–Kier alpha value is -4.99. The first kappa shape index (κ1) is 30.5. The van der Waals surface area contributed by atoms with Gasteiger partial charge in [-0.25, -0.2) is 9.78 Å². The van der Waals surface area contributed by atoms with Gasteiger partial charge in [0.25, 0.3) is 5.69 Å². The summed E-state index contributed by atoms with van der Waals surface area (Å²) >= 11 is 0. The number of carbonyl (C=O) groups excluding carboxylic acids is 2. The lowest BCUT2D eigenvalue weighted by molar-refractivity contribution is -0.384. The van der Waals surface area contributed by atoms with Crippen LogP contribution in [0.5, 0.6) is 11.5 Å². The third-order valence-electron chi connectivity index (χ3n) is 8.07. The normalized spacial score (nSPS) is 16.7. The van der Waals surface area contributed by atoms with Gasteiger partial charge in [-0.15, -0.1) is 0 Å². The van der Waals surface area contributed by atoms with Crippen molar-refractivity contribution < 1.29 is 28.7 Å². The number of nitro benzene ring substituents is 1. The number of unbranched alkanes of at least 4 members (excludes halogenated alkanes) is 1. The largest absolute Gasteiger partial charge is 0.519 e. The highest BCUT2D eigenvalue weighted by atomic mass is 16.7. The van der Waals surface area contributed by atoms with Crippen molar-refractivity contribution in [3.8, 4) is 11.5 Å². The number of non-ortho nitro benzene ring substituents is 1. The molecular formula is C34H35N3O7. The molecule has 10 nitrogen and oxygen atoms in total. The summed E-state index contributed by atoms with van der Waals surface area (Å²) in [5.41, 5.74) is 7.29. The number of rotatable bonds is 6. The fourth-order valence-corrected chi connectivity index (χ4v) is 5.60. The lowest BCUT2D eigenvalue weighted by Crippen LogP contribution is -2.32. The highest BCUT2D eigenvalue weighted by Crippen LogP contribution is 2.46. The first-order chi connectivity index (χ1) is 21.2. The molecule has 0 saturated carbocycles. The first-order valence-electron chi connectivity index (χ1n) is 14.9. The number of aromatic nitrogens is 1. The number of hydrogen-bond acceptors (Lipinski definition) is 9. The van der Waals surface area contributed by atoms with E-state index in [4.69, 9.17) is 19.2 Å². The number of benzene rings is 2. The van der Waals surface area contributed by atoms with Gasteiger partial charge >= 0.3 is 12.1 Å². The maximum absolute atomic E-state index is 12.4. The van der Waals surface area contributed by atoms with Gasteiger partial charge in [-0.1, -0.05) is 47.1 Å². The Kier molecular flexibility index (Phi) is 8.80. The predicted octanol–water partition coefficient (Wildman–Crippen LogP) is 7.65. The van der Waals surface area contributed by atoms with Crippen molar-refractivity contribution in [2.45, 2.75) is 59.9 Å². The number of fused-ring (bicyclic) bond motifs is 4. The number of carbonyl (C=O) groups is 2. The van der Waals surface area contributed by atoms with Crippen molar-refractivity contribution in [2.24, 2.45) is 5.92 Å². The van der Waals surface area contributed by atoms with Gasteiger partial charge in [-0.3, -0.25) is 14.9 Å². The summed E-state index contributed by atoms with van der Waals surface area (Å²) in [6.07, 6.45) is 5.10. The minimum atomic E-state index is -0.960. The van der Waals surface area contributed by atoms with E-state index in [1.54, 1.807) is 18.2 Å². The molecule has 3 aliphatic heterocycles. The van der Waals surface area contributed by atoms with E-state index < -0.39 is 11.1 Å². The van der Waals surface area contributed by atoms with Gasteiger partial charge in [0.15, 0.2) is 0 Å². The van der Waals surface area contributed by atoms with Crippen LogP contribution in [-0.2, 0) is 22.5 Å². The van der Waals surface area contributed by atoms with Crippen LogP contribution in [0.1, 0.15) is 63.8 Å². The average Bonchev–Trinajstić information content (AvgIpc) is 3.38. The summed E-state index contributed by atoms with van der Waals surface area (Å²) in [7, 11) is 0. The highest BCUT2D eigenvalue weighted by molar-refractivity contribution is 5.91. The van der Waals surface area contributed by atoms with Crippen molar-refractivity contribution in [1.82, 2.24) is 9.88 Å². The smallest absolute Gasteiger partial charge is 0.460 e. The minimum absolute atomic E-state index is 0.110. The molecule has 0 aliphatic carbocycles. The van der Waals surface area contributed by atoms with E-state index in [0.717, 1.165) is 56.7 Å². The SMILES string of the molecule is C=C1C2=C(C=C3c4nc5ccc(OC(=O)Oc6ccc([N+](=O)[O-])cc6)cc5c(CC)c4CN13)[C@@H](CC)C(=O)OC2.CCCC. The second kappa shape index (κ2) is 12.7. The lowest BCUT2D eigenvalue weighted by Gasteiger charge is -2.35. The third-order valence-corrected chi connectivity index (χ3v) is 8.07. The van der Waals surface area contributed by atoms with Crippen LogP contribution in [0.2, 0.25) is 0 Å². The molecule has 3 aliphatic rings. The van der Waals surface area contributed by atoms with Crippen LogP contribution in [0.15, 0.2) is 72.0 Å². The van der Waals surface area contributed by atoms with E-state index in [9.17, 15) is 19.7 Å². The quantitative estimate of drug-likeness (QED) is 0.122. The van der Waals surface area contributed by atoms with Crippen molar-refractivity contribution in [3.05, 3.63) is 98.9 Å². The fourth-order valence-electron chi connectivity index (χ4n) is 5.60. The molecule has 0 unspecified atom stereocenters. The van der Waals surface area contributed by atoms with Gasteiger partial charge in [0.2, 0.25) is 0 Å². The van der Waals surface area contributed by atoms with E-state index in [2.05, 4.69) is 38.3 Å². The number of nitro groups is 1. The number of ether oxygens (including phenoxy) is 3. The summed E-state index contributed by atoms with van der Waals surface area (Å²) < 4.78 is 16.0. The monoisotopic (exact) mass is 597 g/mol. The molecule has 44 heavy (non-hydrogen) atoms. The van der Waals surface area contributed by atoms with E-state index in [1.807, 2.05) is 6.92 Å². The molecule has 3 aromatic rings. The molecule has 0 spiro atoms. The average molecular weight is 598 g/mol. The van der Waals surface area contributed by atoms with Crippen LogP contribution in [0.25, 0.3) is 16.6 Å². The van der Waals surface area contributed by atoms with Crippen LogP contribution in [0, 0.1) is 16.0 Å². The number of esters is 1. The van der Waals surface area contributed by atoms with Gasteiger partial charge in [-0.2, -0.15) is 0 Å². The van der Waals surface area contributed by atoms with Crippen molar-refractivity contribution >= 4 is 34.4 Å². The molecular weight excluding hydrogens is 562 g/mol. The number of nitrogens with zero attached hydrogens (tertiary/aromatic N) is 3. The van der Waals surface area contributed by atoms with Gasteiger partial charge in [0, 0.05) is 34.4 Å². The Morgan fingerprint density at radius 1 is 1.09 bits per heavy atom. The van der Waals surface area contributed by atoms with Gasteiger partial charge in [-0.05, 0) is 60.4 Å². The van der Waals surface area contributed by atoms with Crippen LogP contribution < -0.4 is 9.47 Å². The summed E-state index contributed by atoms with van der Waals surface area (Å²) in [4.78, 5) is 42.3. The molecule has 0 amide bonds. The topological polar surface area (TPSA) is 121 Å². The summed E-state index contributed by atoms with van der Waals surface area (Å²) in [5, 5.41) is 11.7. The molecule has 6 rings (SSSR count). The second-order valence-corrected chi connectivity index (χ2v) is 10.7. The molecule has 2 aromatic carbocycles. The van der Waals surface area contributed by atoms with Crippen LogP contribution in [0.3, 0.4) is 0 Å². The Morgan fingerprint density at radius 3 is 2.41 bits per heavy atom. The molecule has 0 bridgehead atoms. The first-order valence-corrected chi connectivity index (χ1v) is 14.9. The van der Waals surface area contributed by atoms with Crippen LogP contribution >= 0.6 is 0 Å². The lowest BCUT2D eigenvalue weighted by atomic mass is 9.86. The maximum atomic E-state index is 12.4. The number of allylic oxidation sites excluding steroid dienone is 1. The predicted molar refractivity (Wildman–Crippen MR) is 166 cm³/mol. The summed E-state index contributed by atoms with van der Waals surface area (Å²) in [5.74, 6) is -0.119. The Morgan fingerprint density at radius 2 is 1.77 bits per heavy atom. The zero-order valence-electron chi connectivity index (χ0n) is 25.3. The molecule has 0 N–H and O–H groups in total. The number of aryl methyl sites for hydroxylation is 1. The van der Waals surface area contributed by atoms with Crippen LogP contribution in [0.4, 0.5) is 10.5 Å². The minimum Gasteiger partial charge on any atom is -0.460 e. The number of cyclic esters (lactones) is 1. The highest BCUT2D eigenvalue weighted by Gasteiger charge is 2.39. The van der Waals surface area contributed by atoms with E-state index in [0.29, 0.717) is 13.0 Å². The number of hydrogen-bond donors (Lipinski definition) is 0. The Balaban J connectivity index is 0.000000906. The second-order valence-electron chi connectivity index (χ2n) is 10.7. The Labute approximate surface area is 255 Å². The van der Waals surface area contributed by atoms with E-state index in [-0.39, 0.29) is 35.7 Å². The van der Waals surface area contributed by atoms with Gasteiger partial charge in [0.05, 0.1) is 34.3 Å². The van der Waals surface area contributed by atoms with Gasteiger partial charge < -0.3 is 19.1 Å². The van der Waals surface area contributed by atoms with E-state index in [1.165, 1.54) is 37.1 Å². The van der Waals surface area contributed by atoms with Gasteiger partial charge in [0.1, 0.15) is 18.1 Å².